The summed E-state index contributed by atoms with van der Waals surface area (Å²) in [5.74, 6) is 0.692. The maximum Gasteiger partial charge on any atom is 0.258 e. The minimum Gasteiger partial charge on any atom is -0.379 e. The standard InChI is InChI=1S/C17H25N5O/c1-11(18)20-17(23)12-9-15(21-13-7-4-8-13)16(19-10-12)22-14-5-2-3-6-14/h9-10,13-14,21H,2-8H2,1H3,(H,19,22)(H2,18,20,23). The molecule has 2 fully saturated rings. The van der Waals surface area contributed by atoms with Gasteiger partial charge in [0, 0.05) is 18.3 Å². The molecule has 0 unspecified atom stereocenters. The van der Waals surface area contributed by atoms with Gasteiger partial charge in [0.15, 0.2) is 0 Å². The highest BCUT2D eigenvalue weighted by atomic mass is 16.1. The van der Waals surface area contributed by atoms with Crippen molar-refractivity contribution < 1.29 is 4.79 Å². The Morgan fingerprint density at radius 1 is 1.13 bits per heavy atom. The van der Waals surface area contributed by atoms with Crippen LogP contribution in [0.1, 0.15) is 62.2 Å². The van der Waals surface area contributed by atoms with Crippen LogP contribution in [0, 0.1) is 5.41 Å². The van der Waals surface area contributed by atoms with Crippen LogP contribution in [0.5, 0.6) is 0 Å². The number of carbonyl (C=O) groups excluding carboxylic acids is 1. The number of nitrogens with one attached hydrogen (secondary N) is 4. The molecule has 3 rings (SSSR count). The van der Waals surface area contributed by atoms with Crippen LogP contribution < -0.4 is 16.0 Å². The van der Waals surface area contributed by atoms with Gasteiger partial charge >= 0.3 is 0 Å². The van der Waals surface area contributed by atoms with E-state index in [1.807, 2.05) is 6.07 Å². The molecule has 1 aromatic heterocycles. The monoisotopic (exact) mass is 315 g/mol. The van der Waals surface area contributed by atoms with Crippen molar-refractivity contribution in [3.8, 4) is 0 Å². The topological polar surface area (TPSA) is 89.9 Å². The number of hydrogen-bond acceptors (Lipinski definition) is 5. The Kier molecular flexibility index (Phi) is 4.79. The lowest BCUT2D eigenvalue weighted by molar-refractivity contribution is 0.0976. The first-order valence-electron chi connectivity index (χ1n) is 8.51. The number of pyridine rings is 1. The normalized spacial score (nSPS) is 18.3. The van der Waals surface area contributed by atoms with E-state index in [9.17, 15) is 4.79 Å². The quantitative estimate of drug-likeness (QED) is 0.496. The highest BCUT2D eigenvalue weighted by Gasteiger charge is 2.22. The van der Waals surface area contributed by atoms with Gasteiger partial charge in [0.25, 0.3) is 5.91 Å². The van der Waals surface area contributed by atoms with Gasteiger partial charge in [-0.3, -0.25) is 10.2 Å². The number of carbonyl (C=O) groups is 1. The first-order valence-corrected chi connectivity index (χ1v) is 8.51. The number of amides is 1. The first-order chi connectivity index (χ1) is 11.1. The van der Waals surface area contributed by atoms with E-state index in [2.05, 4.69) is 20.9 Å². The minimum absolute atomic E-state index is 0.136. The summed E-state index contributed by atoms with van der Waals surface area (Å²) in [6.07, 6.45) is 10.1. The summed E-state index contributed by atoms with van der Waals surface area (Å²) in [6, 6.07) is 2.80. The average Bonchev–Trinajstić information content (AvgIpc) is 2.96. The molecule has 0 aromatic carbocycles. The zero-order valence-corrected chi connectivity index (χ0v) is 13.6. The van der Waals surface area contributed by atoms with Crippen molar-refractivity contribution in [1.29, 1.82) is 5.41 Å². The molecule has 0 atom stereocenters. The number of hydrogen-bond donors (Lipinski definition) is 4. The maximum absolute atomic E-state index is 12.1. The van der Waals surface area contributed by atoms with E-state index < -0.39 is 0 Å². The van der Waals surface area contributed by atoms with Gasteiger partial charge < -0.3 is 16.0 Å². The van der Waals surface area contributed by atoms with Crippen LogP contribution in [0.2, 0.25) is 0 Å². The van der Waals surface area contributed by atoms with Crippen molar-refractivity contribution in [2.45, 2.75) is 64.0 Å². The van der Waals surface area contributed by atoms with Crippen molar-refractivity contribution >= 4 is 23.2 Å². The molecule has 0 spiro atoms. The zero-order chi connectivity index (χ0) is 16.2. The van der Waals surface area contributed by atoms with Crippen LogP contribution in [0.4, 0.5) is 11.5 Å². The van der Waals surface area contributed by atoms with E-state index in [1.165, 1.54) is 44.9 Å². The lowest BCUT2D eigenvalue weighted by Crippen LogP contribution is -2.30. The molecule has 0 saturated heterocycles. The van der Waals surface area contributed by atoms with Gasteiger partial charge in [0.1, 0.15) is 5.82 Å². The summed E-state index contributed by atoms with van der Waals surface area (Å²) in [5, 5.41) is 16.9. The van der Waals surface area contributed by atoms with E-state index in [-0.39, 0.29) is 11.7 Å². The summed E-state index contributed by atoms with van der Waals surface area (Å²) < 4.78 is 0. The fourth-order valence-electron chi connectivity index (χ4n) is 3.09. The summed E-state index contributed by atoms with van der Waals surface area (Å²) in [6.45, 7) is 1.55. The second kappa shape index (κ2) is 6.98. The van der Waals surface area contributed by atoms with Gasteiger partial charge in [-0.15, -0.1) is 0 Å². The Labute approximate surface area is 137 Å². The lowest BCUT2D eigenvalue weighted by atomic mass is 9.93. The number of anilines is 2. The molecule has 1 heterocycles. The summed E-state index contributed by atoms with van der Waals surface area (Å²) in [7, 11) is 0. The van der Waals surface area contributed by atoms with Gasteiger partial charge in [-0.2, -0.15) is 0 Å². The number of aromatic nitrogens is 1. The minimum atomic E-state index is -0.283. The van der Waals surface area contributed by atoms with E-state index in [0.29, 0.717) is 17.6 Å². The molecule has 2 aliphatic carbocycles. The molecule has 23 heavy (non-hydrogen) atoms. The smallest absolute Gasteiger partial charge is 0.258 e. The van der Waals surface area contributed by atoms with Crippen molar-refractivity contribution in [3.05, 3.63) is 17.8 Å². The second-order valence-electron chi connectivity index (χ2n) is 6.60. The highest BCUT2D eigenvalue weighted by Crippen LogP contribution is 2.30. The molecule has 4 N–H and O–H groups in total. The molecule has 1 amide bonds. The van der Waals surface area contributed by atoms with Gasteiger partial charge in [0.05, 0.1) is 17.1 Å². The summed E-state index contributed by atoms with van der Waals surface area (Å²) in [5.41, 5.74) is 1.38. The fraction of sp³-hybridized carbons (Fsp3) is 0.588. The number of rotatable bonds is 5. The SMILES string of the molecule is CC(=N)NC(=O)c1cnc(NC2CCCC2)c(NC2CCC2)c1. The molecule has 1 aromatic rings. The van der Waals surface area contributed by atoms with Crippen LogP contribution >= 0.6 is 0 Å². The molecular weight excluding hydrogens is 290 g/mol. The average molecular weight is 315 g/mol. The van der Waals surface area contributed by atoms with Gasteiger partial charge in [-0.25, -0.2) is 4.98 Å². The molecule has 0 bridgehead atoms. The Balaban J connectivity index is 1.78. The van der Waals surface area contributed by atoms with Crippen molar-refractivity contribution in [3.63, 3.8) is 0 Å². The summed E-state index contributed by atoms with van der Waals surface area (Å²) >= 11 is 0. The number of nitrogens with zero attached hydrogens (tertiary/aromatic N) is 1. The first kappa shape index (κ1) is 15.8. The third-order valence-electron chi connectivity index (χ3n) is 4.61. The molecule has 0 radical (unpaired) electrons. The largest absolute Gasteiger partial charge is 0.379 e. The third kappa shape index (κ3) is 4.00. The predicted molar refractivity (Wildman–Crippen MR) is 92.2 cm³/mol. The molecular formula is C17H25N5O. The zero-order valence-electron chi connectivity index (χ0n) is 13.6. The van der Waals surface area contributed by atoms with E-state index in [4.69, 9.17) is 5.41 Å². The van der Waals surface area contributed by atoms with Crippen LogP contribution in [-0.4, -0.2) is 28.8 Å². The molecule has 6 nitrogen and oxygen atoms in total. The summed E-state index contributed by atoms with van der Waals surface area (Å²) in [4.78, 5) is 16.6. The lowest BCUT2D eigenvalue weighted by Gasteiger charge is -2.29. The van der Waals surface area contributed by atoms with Crippen LogP contribution in [0.25, 0.3) is 0 Å². The molecule has 2 aliphatic rings. The predicted octanol–water partition coefficient (Wildman–Crippen LogP) is 3.13. The Morgan fingerprint density at radius 2 is 1.78 bits per heavy atom. The van der Waals surface area contributed by atoms with Crippen LogP contribution in [0.3, 0.4) is 0 Å². The molecule has 2 saturated carbocycles. The highest BCUT2D eigenvalue weighted by molar-refractivity contribution is 6.05. The van der Waals surface area contributed by atoms with Crippen LogP contribution in [-0.2, 0) is 0 Å². The van der Waals surface area contributed by atoms with Crippen molar-refractivity contribution in [2.24, 2.45) is 0 Å². The molecule has 0 aliphatic heterocycles. The van der Waals surface area contributed by atoms with Gasteiger partial charge in [0.2, 0.25) is 0 Å². The number of amidine groups is 1. The molecule has 6 heteroatoms. The van der Waals surface area contributed by atoms with Crippen molar-refractivity contribution in [2.75, 3.05) is 10.6 Å². The Morgan fingerprint density at radius 3 is 2.39 bits per heavy atom. The van der Waals surface area contributed by atoms with E-state index >= 15 is 0 Å². The van der Waals surface area contributed by atoms with Crippen molar-refractivity contribution in [1.82, 2.24) is 10.3 Å². The maximum atomic E-state index is 12.1. The van der Waals surface area contributed by atoms with Gasteiger partial charge in [-0.1, -0.05) is 12.8 Å². The van der Waals surface area contributed by atoms with E-state index in [0.717, 1.165) is 11.5 Å². The van der Waals surface area contributed by atoms with Crippen LogP contribution in [0.15, 0.2) is 12.3 Å². The Bertz CT molecular complexity index is 591. The molecule has 124 valence electrons. The second-order valence-corrected chi connectivity index (χ2v) is 6.60. The van der Waals surface area contributed by atoms with E-state index in [1.54, 1.807) is 13.1 Å². The Hall–Kier alpha value is -2.11. The third-order valence-corrected chi connectivity index (χ3v) is 4.61. The fourth-order valence-corrected chi connectivity index (χ4v) is 3.09. The van der Waals surface area contributed by atoms with Gasteiger partial charge in [-0.05, 0) is 45.1 Å².